The third-order valence-electron chi connectivity index (χ3n) is 5.62. The summed E-state index contributed by atoms with van der Waals surface area (Å²) in [6.45, 7) is 5.59. The molecule has 5 nitrogen and oxygen atoms in total. The minimum absolute atomic E-state index is 0.0428. The molecule has 0 N–H and O–H groups in total. The van der Waals surface area contributed by atoms with Crippen molar-refractivity contribution in [3.63, 3.8) is 0 Å². The number of benzene rings is 1. The van der Waals surface area contributed by atoms with Crippen LogP contribution in [0.25, 0.3) is 6.08 Å². The molecule has 3 rings (SSSR count). The highest BCUT2D eigenvalue weighted by Gasteiger charge is 2.53. The summed E-state index contributed by atoms with van der Waals surface area (Å²) in [4.78, 5) is 27.4. The van der Waals surface area contributed by atoms with Crippen LogP contribution in [0.3, 0.4) is 0 Å². The van der Waals surface area contributed by atoms with Crippen molar-refractivity contribution >= 4 is 40.7 Å². The maximum atomic E-state index is 12.8. The molecule has 1 aromatic rings. The predicted octanol–water partition coefficient (Wildman–Crippen LogP) is 5.14. The summed E-state index contributed by atoms with van der Waals surface area (Å²) >= 11 is 2.20. The number of carbonyl (C=O) groups is 2. The smallest absolute Gasteiger partial charge is 0.410 e. The molecule has 4 atom stereocenters. The molecule has 2 heterocycles. The van der Waals surface area contributed by atoms with Crippen molar-refractivity contribution in [2.75, 3.05) is 7.11 Å². The molecule has 2 aliphatic heterocycles. The van der Waals surface area contributed by atoms with Gasteiger partial charge in [-0.05, 0) is 61.3 Å². The SMILES string of the molecule is COC(=O)C1C(c2ccc(C=CI)cc2)CC2CCC1N2C(=O)OC(C)(C)C. The predicted molar refractivity (Wildman–Crippen MR) is 117 cm³/mol. The number of carbonyl (C=O) groups excluding carboxylic acids is 2. The molecule has 152 valence electrons. The van der Waals surface area contributed by atoms with Gasteiger partial charge in [-0.2, -0.15) is 0 Å². The van der Waals surface area contributed by atoms with Gasteiger partial charge in [-0.15, -0.1) is 0 Å². The lowest BCUT2D eigenvalue weighted by Gasteiger charge is -2.43. The standard InChI is InChI=1S/C22H28INO4/c1-22(2,3)28-21(26)24-16-9-10-18(24)19(20(25)27-4)17(13-16)15-7-5-14(6-8-15)11-12-23/h5-8,11-12,16-19H,9-10,13H2,1-4H3. The molecule has 28 heavy (non-hydrogen) atoms. The quantitative estimate of drug-likeness (QED) is 0.429. The first-order valence-electron chi connectivity index (χ1n) is 9.71. The molecule has 2 bridgehead atoms. The Hall–Kier alpha value is -1.57. The van der Waals surface area contributed by atoms with Gasteiger partial charge in [-0.25, -0.2) is 4.79 Å². The zero-order valence-electron chi connectivity index (χ0n) is 16.9. The highest BCUT2D eigenvalue weighted by Crippen LogP contribution is 2.48. The van der Waals surface area contributed by atoms with Crippen molar-refractivity contribution in [1.82, 2.24) is 4.90 Å². The Morgan fingerprint density at radius 2 is 1.86 bits per heavy atom. The van der Waals surface area contributed by atoms with Gasteiger partial charge >= 0.3 is 12.1 Å². The molecule has 6 heteroatoms. The van der Waals surface area contributed by atoms with E-state index in [4.69, 9.17) is 9.47 Å². The van der Waals surface area contributed by atoms with Crippen molar-refractivity contribution in [1.29, 1.82) is 0 Å². The third-order valence-corrected chi connectivity index (χ3v) is 5.98. The summed E-state index contributed by atoms with van der Waals surface area (Å²) in [5, 5.41) is 0. The van der Waals surface area contributed by atoms with Crippen molar-refractivity contribution in [3.05, 3.63) is 39.5 Å². The van der Waals surface area contributed by atoms with Crippen LogP contribution in [0.1, 0.15) is 57.1 Å². The van der Waals surface area contributed by atoms with Crippen LogP contribution < -0.4 is 0 Å². The fourth-order valence-electron chi connectivity index (χ4n) is 4.53. The number of nitrogens with zero attached hydrogens (tertiary/aromatic N) is 1. The number of hydrogen-bond donors (Lipinski definition) is 0. The van der Waals surface area contributed by atoms with Crippen LogP contribution in [0.2, 0.25) is 0 Å². The second-order valence-corrected chi connectivity index (χ2v) is 9.26. The van der Waals surface area contributed by atoms with Gasteiger partial charge in [-0.1, -0.05) is 46.9 Å². The van der Waals surface area contributed by atoms with Crippen LogP contribution in [0.5, 0.6) is 0 Å². The Kier molecular flexibility index (Phi) is 6.37. The average molecular weight is 497 g/mol. The fraction of sp³-hybridized carbons (Fsp3) is 0.545. The van der Waals surface area contributed by atoms with Gasteiger partial charge in [0, 0.05) is 18.0 Å². The van der Waals surface area contributed by atoms with Crippen molar-refractivity contribution < 1.29 is 19.1 Å². The van der Waals surface area contributed by atoms with E-state index >= 15 is 0 Å². The van der Waals surface area contributed by atoms with Gasteiger partial charge in [0.05, 0.1) is 13.0 Å². The number of fused-ring (bicyclic) bond motifs is 2. The van der Waals surface area contributed by atoms with Crippen molar-refractivity contribution in [2.24, 2.45) is 5.92 Å². The Morgan fingerprint density at radius 1 is 1.18 bits per heavy atom. The number of piperidine rings is 1. The summed E-state index contributed by atoms with van der Waals surface area (Å²) < 4.78 is 12.8. The molecule has 0 spiro atoms. The van der Waals surface area contributed by atoms with E-state index in [0.717, 1.165) is 30.4 Å². The molecule has 0 aliphatic carbocycles. The first kappa shape index (κ1) is 21.1. The molecule has 4 unspecified atom stereocenters. The van der Waals surface area contributed by atoms with Crippen LogP contribution in [0.4, 0.5) is 4.79 Å². The Bertz CT molecular complexity index is 753. The number of halogens is 1. The zero-order valence-corrected chi connectivity index (χ0v) is 19.0. The van der Waals surface area contributed by atoms with E-state index in [9.17, 15) is 9.59 Å². The number of esters is 1. The van der Waals surface area contributed by atoms with Crippen LogP contribution in [-0.2, 0) is 14.3 Å². The van der Waals surface area contributed by atoms with Crippen molar-refractivity contribution in [2.45, 2.75) is 63.6 Å². The highest BCUT2D eigenvalue weighted by molar-refractivity contribution is 14.1. The topological polar surface area (TPSA) is 55.8 Å². The third kappa shape index (κ3) is 4.36. The second-order valence-electron chi connectivity index (χ2n) is 8.54. The second kappa shape index (κ2) is 8.43. The summed E-state index contributed by atoms with van der Waals surface area (Å²) in [6.07, 6.45) is 4.16. The first-order chi connectivity index (χ1) is 13.2. The minimum atomic E-state index is -0.559. The lowest BCUT2D eigenvalue weighted by molar-refractivity contribution is -0.150. The molecule has 2 aliphatic rings. The molecule has 0 radical (unpaired) electrons. The number of methoxy groups -OCH3 is 1. The van der Waals surface area contributed by atoms with Gasteiger partial charge in [0.2, 0.25) is 0 Å². The van der Waals surface area contributed by atoms with E-state index in [1.54, 1.807) is 4.90 Å². The lowest BCUT2D eigenvalue weighted by atomic mass is 9.76. The molecule has 1 aromatic carbocycles. The minimum Gasteiger partial charge on any atom is -0.469 e. The number of amides is 1. The number of ether oxygens (including phenoxy) is 2. The van der Waals surface area contributed by atoms with E-state index < -0.39 is 5.60 Å². The van der Waals surface area contributed by atoms with E-state index in [1.807, 2.05) is 30.9 Å². The molecule has 0 aromatic heterocycles. The summed E-state index contributed by atoms with van der Waals surface area (Å²) in [5.41, 5.74) is 1.69. The van der Waals surface area contributed by atoms with E-state index in [2.05, 4.69) is 46.9 Å². The zero-order chi connectivity index (χ0) is 20.5. The van der Waals surface area contributed by atoms with Gasteiger partial charge in [0.15, 0.2) is 0 Å². The maximum absolute atomic E-state index is 12.8. The summed E-state index contributed by atoms with van der Waals surface area (Å²) in [5.74, 6) is -0.580. The van der Waals surface area contributed by atoms with Crippen molar-refractivity contribution in [3.8, 4) is 0 Å². The molecular formula is C22H28INO4. The number of rotatable bonds is 3. The highest BCUT2D eigenvalue weighted by atomic mass is 127. The molecular weight excluding hydrogens is 469 g/mol. The van der Waals surface area contributed by atoms with Crippen LogP contribution in [0.15, 0.2) is 28.3 Å². The van der Waals surface area contributed by atoms with Gasteiger partial charge in [0.1, 0.15) is 5.60 Å². The molecule has 2 saturated heterocycles. The number of hydrogen-bond acceptors (Lipinski definition) is 4. The Labute approximate surface area is 180 Å². The Morgan fingerprint density at radius 3 is 2.43 bits per heavy atom. The fourth-order valence-corrected chi connectivity index (χ4v) is 4.95. The maximum Gasteiger partial charge on any atom is 0.410 e. The first-order valence-corrected chi connectivity index (χ1v) is 11.0. The van der Waals surface area contributed by atoms with Crippen LogP contribution in [-0.4, -0.2) is 41.8 Å². The van der Waals surface area contributed by atoms with E-state index in [0.29, 0.717) is 0 Å². The largest absolute Gasteiger partial charge is 0.469 e. The molecule has 0 saturated carbocycles. The van der Waals surface area contributed by atoms with Gasteiger partial charge < -0.3 is 14.4 Å². The lowest BCUT2D eigenvalue weighted by Crippen LogP contribution is -2.54. The summed E-state index contributed by atoms with van der Waals surface area (Å²) in [7, 11) is 1.42. The Balaban J connectivity index is 1.90. The molecule has 1 amide bonds. The summed E-state index contributed by atoms with van der Waals surface area (Å²) in [6, 6.07) is 8.24. The normalized spacial score (nSPS) is 27.1. The van der Waals surface area contributed by atoms with Gasteiger partial charge in [0.25, 0.3) is 0 Å². The molecule has 2 fully saturated rings. The van der Waals surface area contributed by atoms with E-state index in [-0.39, 0.29) is 36.0 Å². The monoisotopic (exact) mass is 497 g/mol. The van der Waals surface area contributed by atoms with E-state index in [1.165, 1.54) is 7.11 Å². The van der Waals surface area contributed by atoms with Crippen LogP contribution in [0, 0.1) is 5.92 Å². The van der Waals surface area contributed by atoms with Gasteiger partial charge in [-0.3, -0.25) is 4.79 Å². The van der Waals surface area contributed by atoms with Crippen LogP contribution >= 0.6 is 22.6 Å². The average Bonchev–Trinajstić information content (AvgIpc) is 2.95.